The second kappa shape index (κ2) is 7.00. The van der Waals surface area contributed by atoms with Crippen molar-refractivity contribution in [1.82, 2.24) is 24.8 Å². The van der Waals surface area contributed by atoms with E-state index in [4.69, 9.17) is 0 Å². The normalized spacial score (nSPS) is 18.8. The summed E-state index contributed by atoms with van der Waals surface area (Å²) in [5.74, 6) is 2.10. The smallest absolute Gasteiger partial charge is 0.224 e. The SMILES string of the molecule is Cc1nccc(C2CCCN(Cc3cnc(N(C)C)nc3)C2)n1. The number of piperidine rings is 1. The molecule has 1 atom stereocenters. The standard InChI is InChI=1S/C17H24N6/c1-13-18-7-6-16(21-13)15-5-4-8-23(12-15)11-14-9-19-17(20-10-14)22(2)3/h6-7,9-10,15H,4-5,8,11-12H2,1-3H3. The Bertz CT molecular complexity index is 640. The number of hydrogen-bond acceptors (Lipinski definition) is 6. The third kappa shape index (κ3) is 4.01. The van der Waals surface area contributed by atoms with Gasteiger partial charge in [-0.3, -0.25) is 4.90 Å². The Morgan fingerprint density at radius 3 is 2.70 bits per heavy atom. The monoisotopic (exact) mass is 312 g/mol. The number of aryl methyl sites for hydroxylation is 1. The molecule has 6 nitrogen and oxygen atoms in total. The van der Waals surface area contributed by atoms with Gasteiger partial charge in [-0.1, -0.05) is 0 Å². The van der Waals surface area contributed by atoms with Crippen LogP contribution in [0.4, 0.5) is 5.95 Å². The molecule has 0 N–H and O–H groups in total. The van der Waals surface area contributed by atoms with Gasteiger partial charge in [0.1, 0.15) is 5.82 Å². The Kier molecular flexibility index (Phi) is 4.81. The van der Waals surface area contributed by atoms with E-state index in [0.29, 0.717) is 5.92 Å². The van der Waals surface area contributed by atoms with Crippen LogP contribution in [-0.4, -0.2) is 52.0 Å². The fraction of sp³-hybridized carbons (Fsp3) is 0.529. The summed E-state index contributed by atoms with van der Waals surface area (Å²) in [5, 5.41) is 0. The second-order valence-corrected chi connectivity index (χ2v) is 6.39. The molecular weight excluding hydrogens is 288 g/mol. The fourth-order valence-corrected chi connectivity index (χ4v) is 3.06. The molecule has 0 amide bonds. The molecular formula is C17H24N6. The highest BCUT2D eigenvalue weighted by Gasteiger charge is 2.22. The van der Waals surface area contributed by atoms with Crippen molar-refractivity contribution in [3.63, 3.8) is 0 Å². The molecule has 0 saturated carbocycles. The number of rotatable bonds is 4. The minimum Gasteiger partial charge on any atom is -0.347 e. The predicted octanol–water partition coefficient (Wildman–Crippen LogP) is 2.02. The molecule has 0 radical (unpaired) electrons. The highest BCUT2D eigenvalue weighted by molar-refractivity contribution is 5.26. The third-order valence-electron chi connectivity index (χ3n) is 4.22. The molecule has 0 aromatic carbocycles. The maximum absolute atomic E-state index is 4.60. The van der Waals surface area contributed by atoms with Crippen molar-refractivity contribution in [1.29, 1.82) is 0 Å². The summed E-state index contributed by atoms with van der Waals surface area (Å²) in [6, 6.07) is 2.05. The lowest BCUT2D eigenvalue weighted by molar-refractivity contribution is 0.198. The summed E-state index contributed by atoms with van der Waals surface area (Å²) in [6.07, 6.45) is 8.12. The first kappa shape index (κ1) is 15.8. The van der Waals surface area contributed by atoms with Crippen LogP contribution in [0, 0.1) is 6.92 Å². The molecule has 1 aliphatic heterocycles. The molecule has 3 rings (SSSR count). The first-order chi connectivity index (χ1) is 11.1. The molecule has 1 saturated heterocycles. The Labute approximate surface area is 137 Å². The first-order valence-electron chi connectivity index (χ1n) is 8.12. The van der Waals surface area contributed by atoms with Gasteiger partial charge in [-0.2, -0.15) is 0 Å². The molecule has 1 aliphatic rings. The summed E-state index contributed by atoms with van der Waals surface area (Å²) in [6.45, 7) is 5.00. The van der Waals surface area contributed by atoms with Gasteiger partial charge in [-0.25, -0.2) is 19.9 Å². The van der Waals surface area contributed by atoms with Gasteiger partial charge in [0.2, 0.25) is 5.95 Å². The van der Waals surface area contributed by atoms with Crippen LogP contribution in [0.15, 0.2) is 24.7 Å². The van der Waals surface area contributed by atoms with Crippen LogP contribution in [0.5, 0.6) is 0 Å². The average molecular weight is 312 g/mol. The fourth-order valence-electron chi connectivity index (χ4n) is 3.06. The zero-order valence-corrected chi connectivity index (χ0v) is 14.1. The summed E-state index contributed by atoms with van der Waals surface area (Å²) in [7, 11) is 3.90. The highest BCUT2D eigenvalue weighted by atomic mass is 15.2. The number of aromatic nitrogens is 4. The zero-order valence-electron chi connectivity index (χ0n) is 14.1. The lowest BCUT2D eigenvalue weighted by atomic mass is 9.94. The molecule has 1 fully saturated rings. The predicted molar refractivity (Wildman–Crippen MR) is 90.4 cm³/mol. The van der Waals surface area contributed by atoms with Crippen molar-refractivity contribution < 1.29 is 0 Å². The van der Waals surface area contributed by atoms with E-state index in [1.807, 2.05) is 44.5 Å². The van der Waals surface area contributed by atoms with Gasteiger partial charge in [0.15, 0.2) is 0 Å². The van der Waals surface area contributed by atoms with Gasteiger partial charge in [0.25, 0.3) is 0 Å². The Balaban J connectivity index is 1.64. The van der Waals surface area contributed by atoms with Crippen LogP contribution in [0.25, 0.3) is 0 Å². The molecule has 0 spiro atoms. The lowest BCUT2D eigenvalue weighted by Crippen LogP contribution is -2.34. The van der Waals surface area contributed by atoms with Crippen LogP contribution in [0.2, 0.25) is 0 Å². The van der Waals surface area contributed by atoms with Crippen LogP contribution in [0.3, 0.4) is 0 Å². The van der Waals surface area contributed by atoms with Gasteiger partial charge in [-0.15, -0.1) is 0 Å². The van der Waals surface area contributed by atoms with E-state index >= 15 is 0 Å². The molecule has 0 aliphatic carbocycles. The second-order valence-electron chi connectivity index (χ2n) is 6.39. The summed E-state index contributed by atoms with van der Waals surface area (Å²) < 4.78 is 0. The molecule has 122 valence electrons. The first-order valence-corrected chi connectivity index (χ1v) is 8.12. The Morgan fingerprint density at radius 1 is 1.22 bits per heavy atom. The number of likely N-dealkylation sites (tertiary alicyclic amines) is 1. The van der Waals surface area contributed by atoms with E-state index in [0.717, 1.165) is 37.0 Å². The van der Waals surface area contributed by atoms with Crippen LogP contribution < -0.4 is 4.90 Å². The summed E-state index contributed by atoms with van der Waals surface area (Å²) in [5.41, 5.74) is 2.33. The van der Waals surface area contributed by atoms with Gasteiger partial charge in [0, 0.05) is 63.0 Å². The zero-order chi connectivity index (χ0) is 16.2. The molecule has 6 heteroatoms. The number of anilines is 1. The van der Waals surface area contributed by atoms with E-state index in [-0.39, 0.29) is 0 Å². The third-order valence-corrected chi connectivity index (χ3v) is 4.22. The van der Waals surface area contributed by atoms with E-state index in [2.05, 4.69) is 30.9 Å². The minimum atomic E-state index is 0.493. The molecule has 0 bridgehead atoms. The minimum absolute atomic E-state index is 0.493. The van der Waals surface area contributed by atoms with E-state index in [9.17, 15) is 0 Å². The Hall–Kier alpha value is -2.08. The maximum atomic E-state index is 4.60. The number of nitrogens with zero attached hydrogens (tertiary/aromatic N) is 6. The topological polar surface area (TPSA) is 58.0 Å². The van der Waals surface area contributed by atoms with Crippen molar-refractivity contribution >= 4 is 5.95 Å². The molecule has 3 heterocycles. The van der Waals surface area contributed by atoms with Gasteiger partial charge in [0.05, 0.1) is 0 Å². The largest absolute Gasteiger partial charge is 0.347 e. The van der Waals surface area contributed by atoms with Crippen molar-refractivity contribution in [2.24, 2.45) is 0 Å². The van der Waals surface area contributed by atoms with Crippen molar-refractivity contribution in [3.05, 3.63) is 41.7 Å². The van der Waals surface area contributed by atoms with Crippen LogP contribution >= 0.6 is 0 Å². The molecule has 2 aromatic heterocycles. The van der Waals surface area contributed by atoms with Crippen molar-refractivity contribution in [3.8, 4) is 0 Å². The molecule has 2 aromatic rings. The van der Waals surface area contributed by atoms with E-state index in [1.165, 1.54) is 18.5 Å². The van der Waals surface area contributed by atoms with Crippen molar-refractivity contribution in [2.45, 2.75) is 32.2 Å². The molecule has 1 unspecified atom stereocenters. The van der Waals surface area contributed by atoms with Gasteiger partial charge >= 0.3 is 0 Å². The van der Waals surface area contributed by atoms with Gasteiger partial charge < -0.3 is 4.90 Å². The highest BCUT2D eigenvalue weighted by Crippen LogP contribution is 2.26. The average Bonchev–Trinajstić information content (AvgIpc) is 2.56. The lowest BCUT2D eigenvalue weighted by Gasteiger charge is -2.32. The summed E-state index contributed by atoms with van der Waals surface area (Å²) in [4.78, 5) is 22.0. The van der Waals surface area contributed by atoms with E-state index in [1.54, 1.807) is 0 Å². The number of hydrogen-bond donors (Lipinski definition) is 0. The van der Waals surface area contributed by atoms with Gasteiger partial charge in [-0.05, 0) is 32.4 Å². The molecule has 23 heavy (non-hydrogen) atoms. The maximum Gasteiger partial charge on any atom is 0.224 e. The quantitative estimate of drug-likeness (QED) is 0.861. The Morgan fingerprint density at radius 2 is 2.00 bits per heavy atom. The van der Waals surface area contributed by atoms with Crippen LogP contribution in [-0.2, 0) is 6.54 Å². The summed E-state index contributed by atoms with van der Waals surface area (Å²) >= 11 is 0. The van der Waals surface area contributed by atoms with Crippen LogP contribution in [0.1, 0.15) is 35.8 Å². The van der Waals surface area contributed by atoms with Crippen molar-refractivity contribution in [2.75, 3.05) is 32.1 Å². The van der Waals surface area contributed by atoms with E-state index < -0.39 is 0 Å².